The van der Waals surface area contributed by atoms with Crippen LogP contribution in [-0.4, -0.2) is 54.9 Å². The fraction of sp³-hybridized carbons (Fsp3) is 0.333. The van der Waals surface area contributed by atoms with E-state index < -0.39 is 5.92 Å². The zero-order chi connectivity index (χ0) is 25.1. The van der Waals surface area contributed by atoms with Gasteiger partial charge in [-0.1, -0.05) is 6.07 Å². The Hall–Kier alpha value is -3.98. The van der Waals surface area contributed by atoms with Crippen molar-refractivity contribution in [2.75, 3.05) is 53.3 Å². The van der Waals surface area contributed by atoms with E-state index in [0.717, 1.165) is 35.7 Å². The van der Waals surface area contributed by atoms with Crippen LogP contribution in [0.1, 0.15) is 17.5 Å². The van der Waals surface area contributed by atoms with Gasteiger partial charge < -0.3 is 25.2 Å². The van der Waals surface area contributed by atoms with Crippen LogP contribution in [0.15, 0.2) is 54.7 Å². The Balaban J connectivity index is 1.18. The lowest BCUT2D eigenvalue weighted by Gasteiger charge is -2.28. The minimum absolute atomic E-state index is 0.0293. The minimum atomic E-state index is -0.393. The molecule has 2 amide bonds. The van der Waals surface area contributed by atoms with Crippen molar-refractivity contribution < 1.29 is 14.3 Å². The third kappa shape index (κ3) is 5.31. The molecule has 2 aliphatic heterocycles. The van der Waals surface area contributed by atoms with Gasteiger partial charge in [0.2, 0.25) is 11.8 Å². The van der Waals surface area contributed by atoms with Crippen molar-refractivity contribution in [2.45, 2.75) is 20.3 Å². The normalized spacial score (nSPS) is 17.8. The number of nitrogens with one attached hydrogen (secondary N) is 2. The van der Waals surface area contributed by atoms with Gasteiger partial charge in [0, 0.05) is 49.2 Å². The van der Waals surface area contributed by atoms with Gasteiger partial charge in [-0.05, 0) is 61.4 Å². The Kier molecular flexibility index (Phi) is 6.81. The third-order valence-corrected chi connectivity index (χ3v) is 6.74. The van der Waals surface area contributed by atoms with Gasteiger partial charge in [0.05, 0.1) is 31.0 Å². The largest absolute Gasteiger partial charge is 0.378 e. The van der Waals surface area contributed by atoms with E-state index in [-0.39, 0.29) is 18.2 Å². The van der Waals surface area contributed by atoms with Gasteiger partial charge in [-0.2, -0.15) is 5.10 Å². The number of hydrogen-bond acceptors (Lipinski definition) is 7. The Bertz CT molecular complexity index is 1260. The van der Waals surface area contributed by atoms with Gasteiger partial charge in [0.25, 0.3) is 0 Å². The highest BCUT2D eigenvalue weighted by atomic mass is 16.5. The van der Waals surface area contributed by atoms with Crippen LogP contribution in [0, 0.1) is 19.8 Å². The molecule has 0 aliphatic carbocycles. The maximum absolute atomic E-state index is 12.9. The molecule has 2 aromatic carbocycles. The molecule has 0 radical (unpaired) electrons. The number of benzene rings is 2. The van der Waals surface area contributed by atoms with Gasteiger partial charge in [0.1, 0.15) is 0 Å². The molecule has 2 aliphatic rings. The fourth-order valence-corrected chi connectivity index (χ4v) is 4.47. The Morgan fingerprint density at radius 1 is 0.972 bits per heavy atom. The summed E-state index contributed by atoms with van der Waals surface area (Å²) < 4.78 is 5.41. The van der Waals surface area contributed by atoms with Crippen molar-refractivity contribution in [3.63, 3.8) is 0 Å². The van der Waals surface area contributed by atoms with E-state index in [9.17, 15) is 9.59 Å². The molecule has 9 heteroatoms. The van der Waals surface area contributed by atoms with Crippen LogP contribution in [0.3, 0.4) is 0 Å². The molecule has 3 aromatic rings. The molecule has 1 unspecified atom stereocenters. The highest BCUT2D eigenvalue weighted by Crippen LogP contribution is 2.28. The SMILES string of the molecule is Cc1ccc(N2CC(C(=O)Nc3ccc(Nc4cc(N5CCOCC5)cnn4)cc3)CC2=O)cc1C. The van der Waals surface area contributed by atoms with Crippen LogP contribution >= 0.6 is 0 Å². The minimum Gasteiger partial charge on any atom is -0.378 e. The number of aryl methyl sites for hydroxylation is 2. The van der Waals surface area contributed by atoms with Gasteiger partial charge in [-0.3, -0.25) is 9.59 Å². The Morgan fingerprint density at radius 2 is 1.72 bits per heavy atom. The molecular formula is C27H30N6O3. The predicted molar refractivity (Wildman–Crippen MR) is 140 cm³/mol. The van der Waals surface area contributed by atoms with E-state index in [1.165, 1.54) is 5.56 Å². The number of ether oxygens (including phenoxy) is 1. The zero-order valence-corrected chi connectivity index (χ0v) is 20.5. The van der Waals surface area contributed by atoms with Crippen molar-refractivity contribution in [3.05, 3.63) is 65.9 Å². The summed E-state index contributed by atoms with van der Waals surface area (Å²) >= 11 is 0. The van der Waals surface area contributed by atoms with Crippen molar-refractivity contribution in [1.82, 2.24) is 10.2 Å². The molecule has 2 saturated heterocycles. The van der Waals surface area contributed by atoms with Gasteiger partial charge >= 0.3 is 0 Å². The topological polar surface area (TPSA) is 99.7 Å². The molecule has 9 nitrogen and oxygen atoms in total. The van der Waals surface area contributed by atoms with E-state index in [4.69, 9.17) is 4.74 Å². The second-order valence-electron chi connectivity index (χ2n) is 9.26. The number of nitrogens with zero attached hydrogens (tertiary/aromatic N) is 4. The molecule has 186 valence electrons. The first-order chi connectivity index (χ1) is 17.5. The first-order valence-electron chi connectivity index (χ1n) is 12.2. The first kappa shape index (κ1) is 23.7. The maximum Gasteiger partial charge on any atom is 0.229 e. The quantitative estimate of drug-likeness (QED) is 0.548. The summed E-state index contributed by atoms with van der Waals surface area (Å²) in [6, 6.07) is 15.3. The fourth-order valence-electron chi connectivity index (χ4n) is 4.47. The van der Waals surface area contributed by atoms with Crippen molar-refractivity contribution >= 4 is 40.4 Å². The number of carbonyl (C=O) groups excluding carboxylic acids is 2. The van der Waals surface area contributed by atoms with Gasteiger partial charge in [0.15, 0.2) is 5.82 Å². The number of hydrogen-bond donors (Lipinski definition) is 2. The van der Waals surface area contributed by atoms with E-state index in [0.29, 0.717) is 31.3 Å². The van der Waals surface area contributed by atoms with Gasteiger partial charge in [-0.25, -0.2) is 0 Å². The molecule has 1 aromatic heterocycles. The van der Waals surface area contributed by atoms with Crippen LogP contribution < -0.4 is 20.4 Å². The lowest BCUT2D eigenvalue weighted by atomic mass is 10.1. The smallest absolute Gasteiger partial charge is 0.229 e. The van der Waals surface area contributed by atoms with Crippen LogP contribution in [0.2, 0.25) is 0 Å². The summed E-state index contributed by atoms with van der Waals surface area (Å²) in [6.45, 7) is 7.51. The van der Waals surface area contributed by atoms with Crippen molar-refractivity contribution in [1.29, 1.82) is 0 Å². The number of rotatable bonds is 6. The van der Waals surface area contributed by atoms with E-state index in [2.05, 4.69) is 25.7 Å². The second-order valence-corrected chi connectivity index (χ2v) is 9.26. The number of amides is 2. The highest BCUT2D eigenvalue weighted by Gasteiger charge is 2.35. The zero-order valence-electron chi connectivity index (χ0n) is 20.5. The summed E-state index contributed by atoms with van der Waals surface area (Å²) in [5.41, 5.74) is 5.65. The standard InChI is InChI=1S/C27H30N6O3/c1-18-3-8-23(13-19(18)2)33-17-20(14-26(33)34)27(35)30-22-6-4-21(5-7-22)29-25-15-24(16-28-31-25)32-9-11-36-12-10-32/h3-8,13,15-16,20H,9-12,14,17H2,1-2H3,(H,29,31)(H,30,35). The highest BCUT2D eigenvalue weighted by molar-refractivity contribution is 6.03. The molecule has 0 bridgehead atoms. The molecule has 0 saturated carbocycles. The van der Waals surface area contributed by atoms with Crippen LogP contribution in [0.5, 0.6) is 0 Å². The first-order valence-corrected chi connectivity index (χ1v) is 12.2. The molecular weight excluding hydrogens is 456 g/mol. The van der Waals surface area contributed by atoms with Crippen LogP contribution in [0.25, 0.3) is 0 Å². The summed E-state index contributed by atoms with van der Waals surface area (Å²) in [6.07, 6.45) is 1.96. The average molecular weight is 487 g/mol. The Morgan fingerprint density at radius 3 is 2.47 bits per heavy atom. The van der Waals surface area contributed by atoms with Crippen molar-refractivity contribution in [3.8, 4) is 0 Å². The van der Waals surface area contributed by atoms with Crippen molar-refractivity contribution in [2.24, 2.45) is 5.92 Å². The average Bonchev–Trinajstić information content (AvgIpc) is 3.29. The molecule has 2 fully saturated rings. The molecule has 5 rings (SSSR count). The summed E-state index contributed by atoms with van der Waals surface area (Å²) in [7, 11) is 0. The van der Waals surface area contributed by atoms with E-state index in [1.807, 2.05) is 62.4 Å². The lowest BCUT2D eigenvalue weighted by molar-refractivity contribution is -0.122. The predicted octanol–water partition coefficient (Wildman–Crippen LogP) is 3.67. The summed E-state index contributed by atoms with van der Waals surface area (Å²) in [5, 5.41) is 14.5. The van der Waals surface area contributed by atoms with E-state index >= 15 is 0 Å². The monoisotopic (exact) mass is 486 g/mol. The third-order valence-electron chi connectivity index (χ3n) is 6.74. The molecule has 1 atom stereocenters. The number of anilines is 5. The molecule has 2 N–H and O–H groups in total. The maximum atomic E-state index is 12.9. The Labute approximate surface area is 210 Å². The summed E-state index contributed by atoms with van der Waals surface area (Å²) in [4.78, 5) is 29.4. The number of carbonyl (C=O) groups is 2. The molecule has 0 spiro atoms. The van der Waals surface area contributed by atoms with Crippen LogP contribution in [-0.2, 0) is 14.3 Å². The second kappa shape index (κ2) is 10.3. The number of morpholine rings is 1. The van der Waals surface area contributed by atoms with E-state index in [1.54, 1.807) is 11.1 Å². The van der Waals surface area contributed by atoms with Crippen LogP contribution in [0.4, 0.5) is 28.6 Å². The molecule has 36 heavy (non-hydrogen) atoms. The molecule has 3 heterocycles. The summed E-state index contributed by atoms with van der Waals surface area (Å²) in [5.74, 6) is 0.0691. The lowest BCUT2D eigenvalue weighted by Crippen LogP contribution is -2.36. The van der Waals surface area contributed by atoms with Gasteiger partial charge in [-0.15, -0.1) is 5.10 Å². The number of aromatic nitrogens is 2.